The lowest BCUT2D eigenvalue weighted by molar-refractivity contribution is -0.137. The third-order valence-electron chi connectivity index (χ3n) is 3.99. The van der Waals surface area contributed by atoms with E-state index in [-0.39, 0.29) is 18.0 Å². The second kappa shape index (κ2) is 10.7. The molecule has 28 heavy (non-hydrogen) atoms. The Morgan fingerprint density at radius 3 is 2.36 bits per heavy atom. The molecule has 2 rings (SSSR count). The van der Waals surface area contributed by atoms with Crippen molar-refractivity contribution < 1.29 is 18.3 Å². The van der Waals surface area contributed by atoms with Crippen molar-refractivity contribution in [2.75, 3.05) is 11.9 Å². The summed E-state index contributed by atoms with van der Waals surface area (Å²) >= 11 is 0. The van der Waals surface area contributed by atoms with Crippen molar-refractivity contribution in [1.29, 1.82) is 5.41 Å². The Balaban J connectivity index is 0.00000190. The number of alkyl halides is 3. The molecule has 0 aromatic heterocycles. The number of aliphatic hydroxyl groups excluding tert-OH is 1. The first-order valence-electron chi connectivity index (χ1n) is 9.10. The summed E-state index contributed by atoms with van der Waals surface area (Å²) in [7, 11) is 0. The van der Waals surface area contributed by atoms with Gasteiger partial charge >= 0.3 is 6.18 Å². The van der Waals surface area contributed by atoms with Gasteiger partial charge in [-0.3, -0.25) is 0 Å². The lowest BCUT2D eigenvalue weighted by atomic mass is 10.0. The molecule has 0 amide bonds. The molecule has 0 aliphatic rings. The highest BCUT2D eigenvalue weighted by Gasteiger charge is 2.31. The van der Waals surface area contributed by atoms with E-state index in [4.69, 9.17) is 10.5 Å². The molecule has 3 N–H and O–H groups in total. The molecule has 152 valence electrons. The maximum atomic E-state index is 13.0. The fourth-order valence-corrected chi connectivity index (χ4v) is 2.60. The fraction of sp³-hybridized carbons (Fsp3) is 0.318. The molecular weight excluding hydrogens is 365 g/mol. The average Bonchev–Trinajstić information content (AvgIpc) is 2.66. The topological polar surface area (TPSA) is 56.1 Å². The normalized spacial score (nSPS) is 11.1. The number of halogens is 3. The van der Waals surface area contributed by atoms with Crippen LogP contribution < -0.4 is 5.32 Å². The molecule has 3 nitrogen and oxygen atoms in total. The van der Waals surface area contributed by atoms with Crippen LogP contribution >= 0.6 is 0 Å². The van der Waals surface area contributed by atoms with Crippen LogP contribution in [0.2, 0.25) is 0 Å². The molecule has 6 heteroatoms. The van der Waals surface area contributed by atoms with Crippen molar-refractivity contribution >= 4 is 11.4 Å². The van der Waals surface area contributed by atoms with E-state index in [0.717, 1.165) is 28.8 Å². The standard InChI is InChI=1S/C20H21F3N2O.C2H6/c1-13-5-6-15(14(2)10-13)12-25-19-11-16(20(21,22)23)7-8-17(19)18(24)4-3-9-26;1-2/h3-8,10-11,24-26H,9,12H2,1-2H3;1-2H3/b4-3+,24-18?;. The zero-order valence-electron chi connectivity index (χ0n) is 16.6. The van der Waals surface area contributed by atoms with Crippen molar-refractivity contribution in [3.63, 3.8) is 0 Å². The second-order valence-corrected chi connectivity index (χ2v) is 6.04. The minimum absolute atomic E-state index is 0.0240. The number of allylic oxidation sites excluding steroid dienone is 1. The highest BCUT2D eigenvalue weighted by molar-refractivity contribution is 6.10. The zero-order chi connectivity index (χ0) is 21.3. The van der Waals surface area contributed by atoms with Crippen molar-refractivity contribution in [2.24, 2.45) is 0 Å². The van der Waals surface area contributed by atoms with Gasteiger partial charge in [0.15, 0.2) is 0 Å². The molecule has 0 fully saturated rings. The number of hydrogen-bond donors (Lipinski definition) is 3. The number of anilines is 1. The SMILES string of the molecule is CC.Cc1ccc(CNc2cc(C(F)(F)F)ccc2C(=N)/C=C/CO)c(C)c1. The van der Waals surface area contributed by atoms with Crippen molar-refractivity contribution in [3.05, 3.63) is 76.4 Å². The van der Waals surface area contributed by atoms with Gasteiger partial charge in [0.2, 0.25) is 0 Å². The number of benzene rings is 2. The van der Waals surface area contributed by atoms with Crippen molar-refractivity contribution in [1.82, 2.24) is 0 Å². The Labute approximate surface area is 164 Å². The maximum Gasteiger partial charge on any atom is 0.416 e. The Morgan fingerprint density at radius 2 is 1.79 bits per heavy atom. The van der Waals surface area contributed by atoms with E-state index in [2.05, 4.69) is 5.32 Å². The molecule has 0 saturated carbocycles. The monoisotopic (exact) mass is 392 g/mol. The summed E-state index contributed by atoms with van der Waals surface area (Å²) in [5.41, 5.74) is 2.94. The van der Waals surface area contributed by atoms with Gasteiger partial charge in [0.1, 0.15) is 0 Å². The molecule has 0 atom stereocenters. The van der Waals surface area contributed by atoms with E-state index in [1.165, 1.54) is 18.2 Å². The summed E-state index contributed by atoms with van der Waals surface area (Å²) in [5.74, 6) is 0. The summed E-state index contributed by atoms with van der Waals surface area (Å²) < 4.78 is 39.1. The number of aryl methyl sites for hydroxylation is 2. The van der Waals surface area contributed by atoms with Crippen LogP contribution in [0.25, 0.3) is 0 Å². The van der Waals surface area contributed by atoms with Crippen molar-refractivity contribution in [3.8, 4) is 0 Å². The third-order valence-corrected chi connectivity index (χ3v) is 3.99. The summed E-state index contributed by atoms with van der Waals surface area (Å²) in [6, 6.07) is 9.14. The fourth-order valence-electron chi connectivity index (χ4n) is 2.60. The quantitative estimate of drug-likeness (QED) is 0.538. The van der Waals surface area contributed by atoms with Crippen LogP contribution in [-0.2, 0) is 12.7 Å². The smallest absolute Gasteiger partial charge is 0.392 e. The van der Waals surface area contributed by atoms with Crippen LogP contribution in [0, 0.1) is 19.3 Å². The molecule has 0 aliphatic carbocycles. The van der Waals surface area contributed by atoms with Crippen LogP contribution in [0.5, 0.6) is 0 Å². The van der Waals surface area contributed by atoms with Gasteiger partial charge in [-0.25, -0.2) is 0 Å². The molecule has 0 heterocycles. The zero-order valence-corrected chi connectivity index (χ0v) is 16.6. The summed E-state index contributed by atoms with van der Waals surface area (Å²) in [4.78, 5) is 0. The number of aliphatic hydroxyl groups is 1. The van der Waals surface area contributed by atoms with Crippen LogP contribution in [0.4, 0.5) is 18.9 Å². The Bertz CT molecular complexity index is 827. The predicted molar refractivity (Wildman–Crippen MR) is 109 cm³/mol. The molecule has 0 spiro atoms. The highest BCUT2D eigenvalue weighted by atomic mass is 19.4. The molecule has 0 unspecified atom stereocenters. The molecule has 0 bridgehead atoms. The van der Waals surface area contributed by atoms with E-state index in [1.54, 1.807) is 0 Å². The number of nitrogens with one attached hydrogen (secondary N) is 2. The lowest BCUT2D eigenvalue weighted by Crippen LogP contribution is -2.11. The summed E-state index contributed by atoms with van der Waals surface area (Å²) in [6.07, 6.45) is -1.73. The van der Waals surface area contributed by atoms with Crippen LogP contribution in [0.1, 0.15) is 41.7 Å². The van der Waals surface area contributed by atoms with Gasteiger partial charge in [0, 0.05) is 17.8 Å². The minimum atomic E-state index is -4.46. The first-order valence-corrected chi connectivity index (χ1v) is 9.10. The first kappa shape index (κ1) is 23.4. The van der Waals surface area contributed by atoms with Crippen LogP contribution in [0.15, 0.2) is 48.6 Å². The molecule has 2 aromatic rings. The average molecular weight is 392 g/mol. The van der Waals surface area contributed by atoms with E-state index < -0.39 is 11.7 Å². The number of hydrogen-bond acceptors (Lipinski definition) is 3. The Hall–Kier alpha value is -2.60. The van der Waals surface area contributed by atoms with Gasteiger partial charge in [-0.15, -0.1) is 0 Å². The first-order chi connectivity index (χ1) is 13.2. The number of rotatable bonds is 6. The summed E-state index contributed by atoms with van der Waals surface area (Å²) in [6.45, 7) is 8.03. The van der Waals surface area contributed by atoms with Gasteiger partial charge in [-0.2, -0.15) is 13.2 Å². The van der Waals surface area contributed by atoms with Crippen LogP contribution in [-0.4, -0.2) is 17.4 Å². The largest absolute Gasteiger partial charge is 0.416 e. The van der Waals surface area contributed by atoms with Gasteiger partial charge in [0.05, 0.1) is 17.9 Å². The highest BCUT2D eigenvalue weighted by Crippen LogP contribution is 2.32. The van der Waals surface area contributed by atoms with Crippen LogP contribution in [0.3, 0.4) is 0 Å². The molecule has 0 aliphatic heterocycles. The van der Waals surface area contributed by atoms with Gasteiger partial charge < -0.3 is 15.8 Å². The second-order valence-electron chi connectivity index (χ2n) is 6.04. The minimum Gasteiger partial charge on any atom is -0.392 e. The van der Waals surface area contributed by atoms with Crippen molar-refractivity contribution in [2.45, 2.75) is 40.4 Å². The van der Waals surface area contributed by atoms with E-state index in [0.29, 0.717) is 12.1 Å². The van der Waals surface area contributed by atoms with E-state index in [9.17, 15) is 13.2 Å². The Morgan fingerprint density at radius 1 is 1.11 bits per heavy atom. The molecule has 0 radical (unpaired) electrons. The molecule has 2 aromatic carbocycles. The van der Waals surface area contributed by atoms with E-state index in [1.807, 2.05) is 45.9 Å². The van der Waals surface area contributed by atoms with E-state index >= 15 is 0 Å². The third kappa shape index (κ3) is 6.53. The predicted octanol–water partition coefficient (Wildman–Crippen LogP) is 5.88. The lowest BCUT2D eigenvalue weighted by Gasteiger charge is -2.16. The maximum absolute atomic E-state index is 13.0. The van der Waals surface area contributed by atoms with Gasteiger partial charge in [-0.1, -0.05) is 49.8 Å². The van der Waals surface area contributed by atoms with Gasteiger partial charge in [0.25, 0.3) is 0 Å². The molecule has 0 saturated heterocycles. The Kier molecular flexibility index (Phi) is 8.92. The summed E-state index contributed by atoms with van der Waals surface area (Å²) in [5, 5.41) is 19.9. The molecular formula is C22H27F3N2O. The van der Waals surface area contributed by atoms with Gasteiger partial charge in [-0.05, 0) is 43.2 Å².